The van der Waals surface area contributed by atoms with Crippen LogP contribution in [-0.2, 0) is 6.54 Å². The molecule has 3 heterocycles. The molecule has 8 heteroatoms. The Morgan fingerprint density at radius 1 is 1.16 bits per heavy atom. The molecule has 31 heavy (non-hydrogen) atoms. The number of hydrogen-bond acceptors (Lipinski definition) is 5. The molecule has 0 spiro atoms. The average Bonchev–Trinajstić information content (AvgIpc) is 3.36. The maximum atomic E-state index is 13.7. The van der Waals surface area contributed by atoms with E-state index in [2.05, 4.69) is 4.98 Å². The first-order valence-electron chi connectivity index (χ1n) is 9.87. The summed E-state index contributed by atoms with van der Waals surface area (Å²) in [5.74, 6) is 0.613. The van der Waals surface area contributed by atoms with E-state index in [1.54, 1.807) is 10.8 Å². The number of halogens is 1. The highest BCUT2D eigenvalue weighted by Crippen LogP contribution is 2.36. The summed E-state index contributed by atoms with van der Waals surface area (Å²) in [6.07, 6.45) is 1.73. The Bertz CT molecular complexity index is 1300. The second kappa shape index (κ2) is 7.83. The standard InChI is InChI=1S/C23H19ClN4O2S/c1-26-14-17(18-12-25-22(24)31-18)28-21(30)19(16-10-6-3-7-11-16)20(29)27(23(26)28)13-15-8-4-2-5-9-15/h2-12,17H,13-14H2,1H3/p+1. The Balaban J connectivity index is 1.79. The van der Waals surface area contributed by atoms with Gasteiger partial charge in [-0.1, -0.05) is 72.3 Å². The fourth-order valence-corrected chi connectivity index (χ4v) is 5.20. The van der Waals surface area contributed by atoms with Crippen LogP contribution in [0.15, 0.2) is 71.7 Å². The molecule has 4 aromatic rings. The van der Waals surface area contributed by atoms with Crippen molar-refractivity contribution in [3.63, 3.8) is 0 Å². The highest BCUT2D eigenvalue weighted by molar-refractivity contribution is 7.15. The zero-order chi connectivity index (χ0) is 21.5. The van der Waals surface area contributed by atoms with Crippen molar-refractivity contribution >= 4 is 28.9 Å². The van der Waals surface area contributed by atoms with Crippen molar-refractivity contribution in [3.8, 4) is 17.0 Å². The van der Waals surface area contributed by atoms with E-state index in [9.17, 15) is 9.90 Å². The minimum Gasteiger partial charge on any atom is -0.483 e. The molecule has 1 unspecified atom stereocenters. The van der Waals surface area contributed by atoms with E-state index in [4.69, 9.17) is 11.6 Å². The van der Waals surface area contributed by atoms with Crippen molar-refractivity contribution in [3.05, 3.63) is 92.1 Å². The number of thiazole rings is 1. The second-order valence-electron chi connectivity index (χ2n) is 7.52. The Morgan fingerprint density at radius 3 is 2.48 bits per heavy atom. The molecule has 0 saturated carbocycles. The van der Waals surface area contributed by atoms with Gasteiger partial charge in [0.2, 0.25) is 0 Å². The van der Waals surface area contributed by atoms with Crippen LogP contribution in [0, 0.1) is 0 Å². The zero-order valence-corrected chi connectivity index (χ0v) is 18.3. The molecule has 1 aliphatic rings. The topological polar surface area (TPSA) is 62.2 Å². The van der Waals surface area contributed by atoms with Crippen molar-refractivity contribution in [1.29, 1.82) is 0 Å². The third-order valence-electron chi connectivity index (χ3n) is 5.54. The maximum Gasteiger partial charge on any atom is 0.366 e. The summed E-state index contributed by atoms with van der Waals surface area (Å²) in [6.45, 7) is 1.02. The predicted octanol–water partition coefficient (Wildman–Crippen LogP) is 3.71. The quantitative estimate of drug-likeness (QED) is 0.480. The summed E-state index contributed by atoms with van der Waals surface area (Å²) >= 11 is 7.47. The molecule has 0 amide bonds. The smallest absolute Gasteiger partial charge is 0.366 e. The van der Waals surface area contributed by atoms with Crippen LogP contribution in [-0.4, -0.2) is 28.3 Å². The molecule has 1 aliphatic heterocycles. The van der Waals surface area contributed by atoms with Crippen LogP contribution in [0.4, 0.5) is 5.95 Å². The number of aromatic hydroxyl groups is 1. The van der Waals surface area contributed by atoms with Gasteiger partial charge < -0.3 is 5.11 Å². The van der Waals surface area contributed by atoms with Crippen LogP contribution in [0.2, 0.25) is 4.47 Å². The average molecular weight is 452 g/mol. The second-order valence-corrected chi connectivity index (χ2v) is 9.17. The zero-order valence-electron chi connectivity index (χ0n) is 16.8. The predicted molar refractivity (Wildman–Crippen MR) is 122 cm³/mol. The largest absolute Gasteiger partial charge is 0.483 e. The first-order valence-corrected chi connectivity index (χ1v) is 11.1. The van der Waals surface area contributed by atoms with Gasteiger partial charge in [0.15, 0.2) is 10.5 Å². The van der Waals surface area contributed by atoms with Gasteiger partial charge >= 0.3 is 11.5 Å². The Morgan fingerprint density at radius 2 is 1.84 bits per heavy atom. The lowest BCUT2D eigenvalue weighted by atomic mass is 10.1. The SMILES string of the molecule is CN1CC(c2cnc(Cl)s2)n2c1[n+](Cc1ccccc1)c(O)c(-c1ccccc1)c2=O. The number of likely N-dealkylation sites (N-methyl/N-ethyl adjacent to an activating group) is 1. The van der Waals surface area contributed by atoms with E-state index >= 15 is 0 Å². The van der Waals surface area contributed by atoms with Gasteiger partial charge in [-0.05, 0) is 11.1 Å². The Kier molecular flexibility index (Phi) is 5.00. The number of anilines is 1. The minimum absolute atomic E-state index is 0.0406. The number of nitrogens with zero attached hydrogens (tertiary/aromatic N) is 4. The van der Waals surface area contributed by atoms with Crippen LogP contribution in [0.3, 0.4) is 0 Å². The van der Waals surface area contributed by atoms with Gasteiger partial charge in [0.1, 0.15) is 18.7 Å². The van der Waals surface area contributed by atoms with Crippen LogP contribution in [0.5, 0.6) is 5.88 Å². The summed E-state index contributed by atoms with van der Waals surface area (Å²) in [7, 11) is 1.93. The van der Waals surface area contributed by atoms with Gasteiger partial charge in [0, 0.05) is 6.20 Å². The van der Waals surface area contributed by atoms with Crippen molar-refractivity contribution in [2.75, 3.05) is 18.5 Å². The molecule has 1 atom stereocenters. The third-order valence-corrected chi connectivity index (χ3v) is 6.75. The lowest BCUT2D eigenvalue weighted by Gasteiger charge is -2.15. The first kappa shape index (κ1) is 19.8. The van der Waals surface area contributed by atoms with E-state index in [0.29, 0.717) is 29.1 Å². The van der Waals surface area contributed by atoms with Crippen LogP contribution in [0.1, 0.15) is 16.5 Å². The molecule has 0 aliphatic carbocycles. The minimum atomic E-state index is -0.234. The molecule has 2 aromatic heterocycles. The van der Waals surface area contributed by atoms with Crippen molar-refractivity contribution in [1.82, 2.24) is 9.55 Å². The van der Waals surface area contributed by atoms with Crippen LogP contribution in [0.25, 0.3) is 11.1 Å². The fourth-order valence-electron chi connectivity index (χ4n) is 4.16. The lowest BCUT2D eigenvalue weighted by Crippen LogP contribution is -2.45. The molecular formula is C23H20ClN4O2S+. The summed E-state index contributed by atoms with van der Waals surface area (Å²) in [6, 6.07) is 19.0. The highest BCUT2D eigenvalue weighted by Gasteiger charge is 2.42. The first-order chi connectivity index (χ1) is 15.0. The van der Waals surface area contributed by atoms with E-state index in [0.717, 1.165) is 10.4 Å². The van der Waals surface area contributed by atoms with Gasteiger partial charge in [-0.15, -0.1) is 11.3 Å². The van der Waals surface area contributed by atoms with Gasteiger partial charge in [-0.3, -0.25) is 4.90 Å². The molecule has 6 nitrogen and oxygen atoms in total. The molecule has 5 rings (SSSR count). The number of hydrogen-bond donors (Lipinski definition) is 1. The van der Waals surface area contributed by atoms with E-state index in [-0.39, 0.29) is 23.0 Å². The molecule has 0 radical (unpaired) electrons. The van der Waals surface area contributed by atoms with Crippen molar-refractivity contribution in [2.24, 2.45) is 0 Å². The van der Waals surface area contributed by atoms with Crippen molar-refractivity contribution in [2.45, 2.75) is 12.6 Å². The van der Waals surface area contributed by atoms with E-state index in [1.165, 1.54) is 11.3 Å². The summed E-state index contributed by atoms with van der Waals surface area (Å²) in [5, 5.41) is 11.3. The number of aromatic nitrogens is 3. The molecule has 0 bridgehead atoms. The monoisotopic (exact) mass is 451 g/mol. The summed E-state index contributed by atoms with van der Waals surface area (Å²) in [4.78, 5) is 20.8. The van der Waals surface area contributed by atoms with E-state index in [1.807, 2.05) is 77.2 Å². The Labute approximate surface area is 188 Å². The molecule has 156 valence electrons. The van der Waals surface area contributed by atoms with Crippen molar-refractivity contribution < 1.29 is 9.67 Å². The van der Waals surface area contributed by atoms with E-state index < -0.39 is 0 Å². The Hall–Kier alpha value is -3.16. The van der Waals surface area contributed by atoms with Crippen LogP contribution < -0.4 is 15.0 Å². The lowest BCUT2D eigenvalue weighted by molar-refractivity contribution is -0.684. The third kappa shape index (κ3) is 3.40. The molecule has 0 fully saturated rings. The maximum absolute atomic E-state index is 13.7. The number of fused-ring (bicyclic) bond motifs is 1. The molecule has 0 saturated heterocycles. The normalized spacial score (nSPS) is 15.3. The summed E-state index contributed by atoms with van der Waals surface area (Å²) < 4.78 is 4.01. The number of benzene rings is 2. The molecule has 1 N–H and O–H groups in total. The summed E-state index contributed by atoms with van der Waals surface area (Å²) in [5.41, 5.74) is 1.76. The van der Waals surface area contributed by atoms with Gasteiger partial charge in [0.05, 0.1) is 11.9 Å². The fraction of sp³-hybridized carbons (Fsp3) is 0.174. The van der Waals surface area contributed by atoms with Gasteiger partial charge in [-0.2, -0.15) is 9.13 Å². The van der Waals surface area contributed by atoms with Crippen LogP contribution >= 0.6 is 22.9 Å². The van der Waals surface area contributed by atoms with Gasteiger partial charge in [-0.25, -0.2) is 9.78 Å². The molecule has 2 aromatic carbocycles. The number of rotatable bonds is 4. The highest BCUT2D eigenvalue weighted by atomic mass is 35.5. The van der Waals surface area contributed by atoms with Gasteiger partial charge in [0.25, 0.3) is 5.88 Å². The molecular weight excluding hydrogens is 432 g/mol.